The average Bonchev–Trinajstić information content (AvgIpc) is 2.24. The van der Waals surface area contributed by atoms with Gasteiger partial charge in [-0.2, -0.15) is 0 Å². The van der Waals surface area contributed by atoms with Crippen molar-refractivity contribution in [2.45, 2.75) is 77.2 Å². The number of hydrogen-bond donors (Lipinski definition) is 1. The van der Waals surface area contributed by atoms with Crippen molar-refractivity contribution in [2.75, 3.05) is 0 Å². The first-order valence-electron chi connectivity index (χ1n) is 8.43. The Balaban J connectivity index is 1.70. The smallest absolute Gasteiger partial charge is 0.00982 e. The van der Waals surface area contributed by atoms with E-state index in [0.717, 1.165) is 17.8 Å². The lowest BCUT2D eigenvalue weighted by Gasteiger charge is -2.68. The van der Waals surface area contributed by atoms with E-state index in [0.29, 0.717) is 16.9 Å². The van der Waals surface area contributed by atoms with Crippen LogP contribution in [0.15, 0.2) is 0 Å². The van der Waals surface area contributed by atoms with Crippen LogP contribution in [-0.4, -0.2) is 6.04 Å². The molecule has 0 saturated heterocycles. The zero-order chi connectivity index (χ0) is 12.4. The molecule has 5 aliphatic carbocycles. The highest BCUT2D eigenvalue weighted by atomic mass is 14.8. The quantitative estimate of drug-likeness (QED) is 0.798. The lowest BCUT2D eigenvalue weighted by molar-refractivity contribution is -0.173. The molecular weight excluding hydrogens is 218 g/mol. The van der Waals surface area contributed by atoms with Gasteiger partial charge < -0.3 is 5.73 Å². The summed E-state index contributed by atoms with van der Waals surface area (Å²) in [4.78, 5) is 0. The van der Waals surface area contributed by atoms with Crippen LogP contribution in [0.1, 0.15) is 71.1 Å². The molecule has 2 N–H and O–H groups in total. The van der Waals surface area contributed by atoms with E-state index >= 15 is 0 Å². The molecule has 0 radical (unpaired) electrons. The van der Waals surface area contributed by atoms with Crippen molar-refractivity contribution >= 4 is 0 Å². The minimum atomic E-state index is 0.488. The first-order chi connectivity index (χ1) is 8.67. The van der Waals surface area contributed by atoms with Gasteiger partial charge in [-0.1, -0.05) is 13.3 Å². The van der Waals surface area contributed by atoms with Gasteiger partial charge in [0.2, 0.25) is 0 Å². The number of rotatable bonds is 3. The molecule has 5 rings (SSSR count). The summed E-state index contributed by atoms with van der Waals surface area (Å²) in [7, 11) is 0. The van der Waals surface area contributed by atoms with Crippen molar-refractivity contribution < 1.29 is 0 Å². The van der Waals surface area contributed by atoms with E-state index in [4.69, 9.17) is 5.73 Å². The summed E-state index contributed by atoms with van der Waals surface area (Å²) < 4.78 is 0. The van der Waals surface area contributed by atoms with Crippen molar-refractivity contribution in [1.29, 1.82) is 0 Å². The van der Waals surface area contributed by atoms with Crippen LogP contribution >= 0.6 is 0 Å². The molecule has 5 fully saturated rings. The third kappa shape index (κ3) is 1.32. The zero-order valence-corrected chi connectivity index (χ0v) is 12.0. The second-order valence-electron chi connectivity index (χ2n) is 8.22. The van der Waals surface area contributed by atoms with Gasteiger partial charge >= 0.3 is 0 Å². The Bertz CT molecular complexity index is 306. The molecule has 5 aliphatic rings. The summed E-state index contributed by atoms with van der Waals surface area (Å²) in [5, 5.41) is 0. The van der Waals surface area contributed by atoms with Crippen molar-refractivity contribution in [3.63, 3.8) is 0 Å². The van der Waals surface area contributed by atoms with Crippen molar-refractivity contribution in [2.24, 2.45) is 34.3 Å². The molecule has 102 valence electrons. The van der Waals surface area contributed by atoms with Crippen molar-refractivity contribution in [3.05, 3.63) is 0 Å². The van der Waals surface area contributed by atoms with Gasteiger partial charge in [0, 0.05) is 6.04 Å². The van der Waals surface area contributed by atoms with E-state index in [1.165, 1.54) is 25.7 Å². The van der Waals surface area contributed by atoms with Gasteiger partial charge in [-0.25, -0.2) is 0 Å². The summed E-state index contributed by atoms with van der Waals surface area (Å²) >= 11 is 0. The molecule has 4 bridgehead atoms. The minimum absolute atomic E-state index is 0.488. The van der Waals surface area contributed by atoms with Crippen LogP contribution in [0.5, 0.6) is 0 Å². The summed E-state index contributed by atoms with van der Waals surface area (Å²) in [6.07, 6.45) is 14.9. The number of hydrogen-bond acceptors (Lipinski definition) is 1. The van der Waals surface area contributed by atoms with Gasteiger partial charge in [-0.3, -0.25) is 0 Å². The monoisotopic (exact) mass is 247 g/mol. The SMILES string of the molecule is CCC(N)C1(C23CC4CC(CC(C4)C2)C3)CCC1. The van der Waals surface area contributed by atoms with Crippen LogP contribution in [0.4, 0.5) is 0 Å². The molecule has 0 heterocycles. The topological polar surface area (TPSA) is 26.0 Å². The first-order valence-corrected chi connectivity index (χ1v) is 8.43. The van der Waals surface area contributed by atoms with E-state index in [1.807, 2.05) is 0 Å². The first kappa shape index (κ1) is 11.8. The van der Waals surface area contributed by atoms with Crippen LogP contribution in [-0.2, 0) is 0 Å². The molecule has 18 heavy (non-hydrogen) atoms. The molecule has 1 heteroatoms. The van der Waals surface area contributed by atoms with Gasteiger partial charge in [-0.15, -0.1) is 0 Å². The second kappa shape index (κ2) is 3.75. The lowest BCUT2D eigenvalue weighted by Crippen LogP contribution is -2.63. The molecule has 5 saturated carbocycles. The molecule has 0 aliphatic heterocycles. The van der Waals surface area contributed by atoms with E-state index in [1.54, 1.807) is 38.5 Å². The Labute approximate surface area is 112 Å². The molecule has 0 spiro atoms. The summed E-state index contributed by atoms with van der Waals surface area (Å²) in [6, 6.07) is 0.488. The Kier molecular flexibility index (Phi) is 2.45. The molecule has 0 aromatic carbocycles. The maximum absolute atomic E-state index is 6.63. The van der Waals surface area contributed by atoms with Gasteiger partial charge in [0.05, 0.1) is 0 Å². The lowest BCUT2D eigenvalue weighted by atomic mass is 9.37. The molecule has 1 unspecified atom stereocenters. The van der Waals surface area contributed by atoms with E-state index in [2.05, 4.69) is 6.92 Å². The van der Waals surface area contributed by atoms with Gasteiger partial charge in [-0.05, 0) is 86.4 Å². The summed E-state index contributed by atoms with van der Waals surface area (Å²) in [5.74, 6) is 3.24. The Hall–Kier alpha value is -0.0400. The van der Waals surface area contributed by atoms with Crippen molar-refractivity contribution in [3.8, 4) is 0 Å². The minimum Gasteiger partial charge on any atom is -0.327 e. The fraction of sp³-hybridized carbons (Fsp3) is 1.00. The third-order valence-corrected chi connectivity index (χ3v) is 7.49. The van der Waals surface area contributed by atoms with Crippen LogP contribution in [0, 0.1) is 28.6 Å². The van der Waals surface area contributed by atoms with E-state index in [-0.39, 0.29) is 0 Å². The van der Waals surface area contributed by atoms with Crippen LogP contribution in [0.2, 0.25) is 0 Å². The fourth-order valence-corrected chi connectivity index (χ4v) is 6.96. The molecule has 0 aromatic rings. The Morgan fingerprint density at radius 1 is 1.00 bits per heavy atom. The maximum atomic E-state index is 6.63. The Morgan fingerprint density at radius 2 is 1.50 bits per heavy atom. The highest BCUT2D eigenvalue weighted by Gasteiger charge is 2.63. The predicted molar refractivity (Wildman–Crippen MR) is 75.2 cm³/mol. The summed E-state index contributed by atoms with van der Waals surface area (Å²) in [6.45, 7) is 2.31. The predicted octanol–water partition coefficient (Wildman–Crippen LogP) is 4.11. The molecule has 0 aromatic heterocycles. The Morgan fingerprint density at radius 3 is 1.83 bits per heavy atom. The zero-order valence-electron chi connectivity index (χ0n) is 12.0. The largest absolute Gasteiger partial charge is 0.327 e. The standard InChI is InChI=1S/C17H29N/c1-2-15(18)17(4-3-5-17)16-9-12-6-13(10-16)8-14(7-12)11-16/h12-15H,2-11,18H2,1H3. The highest BCUT2D eigenvalue weighted by Crippen LogP contribution is 2.71. The third-order valence-electron chi connectivity index (χ3n) is 7.49. The average molecular weight is 247 g/mol. The molecule has 0 amide bonds. The van der Waals surface area contributed by atoms with Crippen LogP contribution < -0.4 is 5.73 Å². The maximum Gasteiger partial charge on any atom is 0.00982 e. The second-order valence-corrected chi connectivity index (χ2v) is 8.22. The van der Waals surface area contributed by atoms with Crippen LogP contribution in [0.25, 0.3) is 0 Å². The van der Waals surface area contributed by atoms with Gasteiger partial charge in [0.1, 0.15) is 0 Å². The van der Waals surface area contributed by atoms with Gasteiger partial charge in [0.15, 0.2) is 0 Å². The van der Waals surface area contributed by atoms with Gasteiger partial charge in [0.25, 0.3) is 0 Å². The molecule has 1 nitrogen and oxygen atoms in total. The normalized spacial score (nSPS) is 50.0. The summed E-state index contributed by atoms with van der Waals surface area (Å²) in [5.41, 5.74) is 7.89. The van der Waals surface area contributed by atoms with E-state index < -0.39 is 0 Å². The number of nitrogens with two attached hydrogens (primary N) is 1. The van der Waals surface area contributed by atoms with E-state index in [9.17, 15) is 0 Å². The molecular formula is C17H29N. The highest BCUT2D eigenvalue weighted by molar-refractivity contribution is 5.14. The fourth-order valence-electron chi connectivity index (χ4n) is 6.96. The molecule has 1 atom stereocenters. The van der Waals surface area contributed by atoms with Crippen molar-refractivity contribution in [1.82, 2.24) is 0 Å². The van der Waals surface area contributed by atoms with Crippen LogP contribution in [0.3, 0.4) is 0 Å².